The molecule has 12 rings (SSSR count). The number of rotatable bonds is 10. The van der Waals surface area contributed by atoms with E-state index < -0.39 is 0 Å². The third-order valence-corrected chi connectivity index (χ3v) is 13.2. The summed E-state index contributed by atoms with van der Waals surface area (Å²) in [6.45, 7) is 0. The standard InChI is InChI=1S/C66H46N2/c1-4-19-47(20-5-1)52-25-16-28-56(43-52)67(57-29-17-26-53(44-57)48-21-6-2-7-22-48)64-35-14-12-33-61(64)51-39-37-49(38-40-51)54-41-42-63-62-34-13-15-36-65(62)68(66(63)46-54)58-30-18-27-55(45-58)60-32-11-10-31-59(60)50-23-8-3-9-24-50/h1-46H. The van der Waals surface area contributed by atoms with Crippen molar-refractivity contribution in [2.75, 3.05) is 4.90 Å². The molecule has 0 aliphatic carbocycles. The van der Waals surface area contributed by atoms with E-state index in [0.717, 1.165) is 33.9 Å². The molecular weight excluding hydrogens is 821 g/mol. The summed E-state index contributed by atoms with van der Waals surface area (Å²) in [7, 11) is 0. The Bertz CT molecular complexity index is 3640. The van der Waals surface area contributed by atoms with Gasteiger partial charge in [0.05, 0.1) is 16.7 Å². The van der Waals surface area contributed by atoms with Crippen LogP contribution >= 0.6 is 0 Å². The number of nitrogens with zero attached hydrogens (tertiary/aromatic N) is 2. The average Bonchev–Trinajstić information content (AvgIpc) is 3.76. The molecule has 0 fully saturated rings. The molecule has 1 aromatic heterocycles. The molecule has 68 heavy (non-hydrogen) atoms. The van der Waals surface area contributed by atoms with E-state index in [2.05, 4.69) is 289 Å². The number of benzene rings is 11. The Morgan fingerprint density at radius 2 is 0.662 bits per heavy atom. The molecule has 0 amide bonds. The number of hydrogen-bond donors (Lipinski definition) is 0. The first kappa shape index (κ1) is 40.5. The van der Waals surface area contributed by atoms with Crippen LogP contribution in [0.15, 0.2) is 279 Å². The van der Waals surface area contributed by atoms with Gasteiger partial charge in [0.15, 0.2) is 0 Å². The first-order chi connectivity index (χ1) is 33.7. The van der Waals surface area contributed by atoms with Crippen molar-refractivity contribution in [3.05, 3.63) is 279 Å². The second kappa shape index (κ2) is 17.8. The topological polar surface area (TPSA) is 8.17 Å². The lowest BCUT2D eigenvalue weighted by Gasteiger charge is -2.29. The Labute approximate surface area is 397 Å². The van der Waals surface area contributed by atoms with Crippen molar-refractivity contribution in [1.29, 1.82) is 0 Å². The zero-order valence-electron chi connectivity index (χ0n) is 37.5. The summed E-state index contributed by atoms with van der Waals surface area (Å²) in [4.78, 5) is 2.41. The SMILES string of the molecule is c1ccc(-c2cccc(N(c3cccc(-c4ccccc4)c3)c3ccccc3-c3ccc(-c4ccc5c6ccccc6n(-c6cccc(-c7ccccc7-c7ccccc7)c6)c5c4)cc3)c2)cc1. The Morgan fingerprint density at radius 3 is 1.32 bits per heavy atom. The van der Waals surface area contributed by atoms with Gasteiger partial charge in [-0.3, -0.25) is 0 Å². The Kier molecular flexibility index (Phi) is 10.6. The summed E-state index contributed by atoms with van der Waals surface area (Å²) in [5.74, 6) is 0. The van der Waals surface area contributed by atoms with Crippen molar-refractivity contribution in [1.82, 2.24) is 4.57 Å². The van der Waals surface area contributed by atoms with Gasteiger partial charge in [-0.15, -0.1) is 0 Å². The van der Waals surface area contributed by atoms with Gasteiger partial charge in [0, 0.05) is 33.4 Å². The smallest absolute Gasteiger partial charge is 0.0547 e. The second-order valence-corrected chi connectivity index (χ2v) is 17.3. The van der Waals surface area contributed by atoms with Crippen LogP contribution in [0.25, 0.3) is 94.3 Å². The predicted molar refractivity (Wildman–Crippen MR) is 288 cm³/mol. The van der Waals surface area contributed by atoms with Crippen LogP contribution in [-0.4, -0.2) is 4.57 Å². The van der Waals surface area contributed by atoms with E-state index in [9.17, 15) is 0 Å². The van der Waals surface area contributed by atoms with Gasteiger partial charge >= 0.3 is 0 Å². The minimum absolute atomic E-state index is 1.09. The molecule has 0 aliphatic rings. The van der Waals surface area contributed by atoms with Gasteiger partial charge in [-0.2, -0.15) is 0 Å². The van der Waals surface area contributed by atoms with Gasteiger partial charge in [0.1, 0.15) is 0 Å². The molecule has 0 saturated carbocycles. The van der Waals surface area contributed by atoms with Crippen LogP contribution in [0.3, 0.4) is 0 Å². The van der Waals surface area contributed by atoms with Crippen molar-refractivity contribution in [3.8, 4) is 72.4 Å². The molecule has 12 aromatic rings. The minimum Gasteiger partial charge on any atom is -0.310 e. The van der Waals surface area contributed by atoms with Gasteiger partial charge in [-0.05, 0) is 116 Å². The number of hydrogen-bond acceptors (Lipinski definition) is 1. The van der Waals surface area contributed by atoms with Gasteiger partial charge in [-0.1, -0.05) is 224 Å². The van der Waals surface area contributed by atoms with Crippen molar-refractivity contribution in [2.45, 2.75) is 0 Å². The van der Waals surface area contributed by atoms with Gasteiger partial charge in [-0.25, -0.2) is 0 Å². The minimum atomic E-state index is 1.09. The largest absolute Gasteiger partial charge is 0.310 e. The van der Waals surface area contributed by atoms with Gasteiger partial charge < -0.3 is 9.47 Å². The predicted octanol–water partition coefficient (Wildman–Crippen LogP) is 18.3. The summed E-state index contributed by atoms with van der Waals surface area (Å²) >= 11 is 0. The first-order valence-corrected chi connectivity index (χ1v) is 23.3. The number of para-hydroxylation sites is 2. The average molecular weight is 867 g/mol. The highest BCUT2D eigenvalue weighted by Gasteiger charge is 2.20. The highest BCUT2D eigenvalue weighted by molar-refractivity contribution is 6.10. The summed E-state index contributed by atoms with van der Waals surface area (Å²) < 4.78 is 2.43. The first-order valence-electron chi connectivity index (χ1n) is 23.3. The van der Waals surface area contributed by atoms with E-state index in [1.807, 2.05) is 0 Å². The Balaban J connectivity index is 0.941. The maximum absolute atomic E-state index is 2.43. The molecule has 11 aromatic carbocycles. The Hall–Kier alpha value is -8.98. The van der Waals surface area contributed by atoms with Crippen LogP contribution in [0, 0.1) is 0 Å². The maximum atomic E-state index is 2.43. The molecule has 0 atom stereocenters. The van der Waals surface area contributed by atoms with Crippen molar-refractivity contribution in [2.24, 2.45) is 0 Å². The Morgan fingerprint density at radius 1 is 0.235 bits per heavy atom. The lowest BCUT2D eigenvalue weighted by Crippen LogP contribution is -2.11. The van der Waals surface area contributed by atoms with Crippen LogP contribution < -0.4 is 4.90 Å². The lowest BCUT2D eigenvalue weighted by atomic mass is 9.94. The fourth-order valence-electron chi connectivity index (χ4n) is 9.94. The molecule has 0 saturated heterocycles. The number of aromatic nitrogens is 1. The van der Waals surface area contributed by atoms with Crippen molar-refractivity contribution in [3.63, 3.8) is 0 Å². The van der Waals surface area contributed by atoms with Crippen LogP contribution in [0.2, 0.25) is 0 Å². The van der Waals surface area contributed by atoms with Gasteiger partial charge in [0.2, 0.25) is 0 Å². The highest BCUT2D eigenvalue weighted by atomic mass is 15.1. The highest BCUT2D eigenvalue weighted by Crippen LogP contribution is 2.44. The molecule has 320 valence electrons. The third kappa shape index (κ3) is 7.64. The van der Waals surface area contributed by atoms with Crippen LogP contribution in [0.1, 0.15) is 0 Å². The van der Waals surface area contributed by atoms with E-state index in [1.165, 1.54) is 77.4 Å². The fourth-order valence-corrected chi connectivity index (χ4v) is 9.94. The van der Waals surface area contributed by atoms with E-state index in [0.29, 0.717) is 0 Å². The number of fused-ring (bicyclic) bond motifs is 3. The molecule has 0 spiro atoms. The molecule has 0 radical (unpaired) electrons. The molecule has 0 unspecified atom stereocenters. The fraction of sp³-hybridized carbons (Fsp3) is 0. The van der Waals surface area contributed by atoms with E-state index in [1.54, 1.807) is 0 Å². The summed E-state index contributed by atoms with van der Waals surface area (Å²) in [5, 5.41) is 2.47. The molecule has 2 heteroatoms. The van der Waals surface area contributed by atoms with Crippen molar-refractivity contribution >= 4 is 38.9 Å². The second-order valence-electron chi connectivity index (χ2n) is 17.3. The summed E-state index contributed by atoms with van der Waals surface area (Å²) in [5.41, 5.74) is 21.0. The zero-order valence-corrected chi connectivity index (χ0v) is 37.5. The molecule has 1 heterocycles. The third-order valence-electron chi connectivity index (χ3n) is 13.2. The van der Waals surface area contributed by atoms with Crippen LogP contribution in [0.4, 0.5) is 17.1 Å². The molecule has 0 N–H and O–H groups in total. The van der Waals surface area contributed by atoms with Crippen LogP contribution in [0.5, 0.6) is 0 Å². The monoisotopic (exact) mass is 866 g/mol. The maximum Gasteiger partial charge on any atom is 0.0547 e. The quantitative estimate of drug-likeness (QED) is 0.133. The summed E-state index contributed by atoms with van der Waals surface area (Å²) in [6.07, 6.45) is 0. The zero-order chi connectivity index (χ0) is 45.2. The summed E-state index contributed by atoms with van der Waals surface area (Å²) in [6, 6.07) is 101. The molecule has 2 nitrogen and oxygen atoms in total. The van der Waals surface area contributed by atoms with Gasteiger partial charge in [0.25, 0.3) is 0 Å². The normalized spacial score (nSPS) is 11.2. The van der Waals surface area contributed by atoms with Crippen molar-refractivity contribution < 1.29 is 0 Å². The van der Waals surface area contributed by atoms with E-state index >= 15 is 0 Å². The molecule has 0 aliphatic heterocycles. The molecular formula is C66H46N2. The lowest BCUT2D eigenvalue weighted by molar-refractivity contribution is 1.18. The van der Waals surface area contributed by atoms with E-state index in [-0.39, 0.29) is 0 Å². The molecule has 0 bridgehead atoms. The van der Waals surface area contributed by atoms with E-state index in [4.69, 9.17) is 0 Å². The van der Waals surface area contributed by atoms with Crippen LogP contribution in [-0.2, 0) is 0 Å². The number of anilines is 3.